The van der Waals surface area contributed by atoms with Gasteiger partial charge in [0.1, 0.15) is 6.04 Å². The van der Waals surface area contributed by atoms with E-state index in [0.29, 0.717) is 19.6 Å². The molecule has 8 heteroatoms. The molecule has 1 heterocycles. The van der Waals surface area contributed by atoms with Crippen molar-refractivity contribution < 1.29 is 18.0 Å². The zero-order valence-corrected chi connectivity index (χ0v) is 11.3. The summed E-state index contributed by atoms with van der Waals surface area (Å²) in [6.07, 6.45) is 0. The van der Waals surface area contributed by atoms with Crippen molar-refractivity contribution in [2.45, 2.75) is 11.6 Å². The topological polar surface area (TPSA) is 35.6 Å². The fourth-order valence-corrected chi connectivity index (χ4v) is 2.39. The van der Waals surface area contributed by atoms with Gasteiger partial charge in [0.05, 0.1) is 0 Å². The second kappa shape index (κ2) is 6.63. The lowest BCUT2D eigenvalue weighted by Gasteiger charge is -2.36. The van der Waals surface area contributed by atoms with Crippen LogP contribution in [0.1, 0.15) is 0 Å². The fraction of sp³-hybridized carbons (Fsp3) is 0.900. The molecule has 1 saturated heterocycles. The molecule has 0 saturated carbocycles. The average Bonchev–Trinajstić information content (AvgIpc) is 2.27. The number of likely N-dealkylation sites (N-methyl/N-ethyl adjacent to an activating group) is 1. The summed E-state index contributed by atoms with van der Waals surface area (Å²) >= 11 is -0.0376. The van der Waals surface area contributed by atoms with Crippen molar-refractivity contribution in [1.82, 2.24) is 15.1 Å². The van der Waals surface area contributed by atoms with Crippen LogP contribution in [0.15, 0.2) is 0 Å². The maximum atomic E-state index is 12.1. The molecular formula is C10H18F3N3OS. The monoisotopic (exact) mass is 285 g/mol. The highest BCUT2D eigenvalue weighted by Crippen LogP contribution is 2.30. The Hall–Kier alpha value is -0.470. The summed E-state index contributed by atoms with van der Waals surface area (Å²) in [6.45, 7) is 2.07. The van der Waals surface area contributed by atoms with E-state index >= 15 is 0 Å². The first-order valence-corrected chi connectivity index (χ1v) is 6.66. The van der Waals surface area contributed by atoms with Crippen LogP contribution in [0.5, 0.6) is 0 Å². The molecule has 0 aliphatic carbocycles. The van der Waals surface area contributed by atoms with Crippen LogP contribution in [0, 0.1) is 0 Å². The Kier molecular flexibility index (Phi) is 5.74. The first kappa shape index (κ1) is 15.6. The summed E-state index contributed by atoms with van der Waals surface area (Å²) in [5.41, 5.74) is -4.20. The minimum atomic E-state index is -4.20. The number of carbonyl (C=O) groups excluding carboxylic acids is 1. The molecule has 106 valence electrons. The number of carbonyl (C=O) groups is 1. The molecule has 0 radical (unpaired) electrons. The Bertz CT molecular complexity index is 286. The van der Waals surface area contributed by atoms with E-state index in [1.54, 1.807) is 14.1 Å². The van der Waals surface area contributed by atoms with Crippen LogP contribution in [0.2, 0.25) is 0 Å². The first-order valence-electron chi connectivity index (χ1n) is 5.68. The molecule has 4 nitrogen and oxygen atoms in total. The van der Waals surface area contributed by atoms with Crippen LogP contribution >= 0.6 is 11.8 Å². The van der Waals surface area contributed by atoms with E-state index in [4.69, 9.17) is 0 Å². The number of alkyl halides is 3. The minimum absolute atomic E-state index is 0.0376. The molecule has 0 bridgehead atoms. The van der Waals surface area contributed by atoms with Crippen LogP contribution in [0.25, 0.3) is 0 Å². The van der Waals surface area contributed by atoms with Gasteiger partial charge in [-0.05, 0) is 11.8 Å². The molecule has 18 heavy (non-hydrogen) atoms. The Morgan fingerprint density at radius 1 is 1.50 bits per heavy atom. The van der Waals surface area contributed by atoms with Crippen LogP contribution < -0.4 is 5.32 Å². The van der Waals surface area contributed by atoms with Gasteiger partial charge in [-0.25, -0.2) is 0 Å². The van der Waals surface area contributed by atoms with Gasteiger partial charge < -0.3 is 10.2 Å². The van der Waals surface area contributed by atoms with Crippen LogP contribution in [-0.2, 0) is 4.79 Å². The Morgan fingerprint density at radius 2 is 2.17 bits per heavy atom. The highest BCUT2D eigenvalue weighted by atomic mass is 32.2. The number of hydrogen-bond acceptors (Lipinski definition) is 4. The molecule has 1 fully saturated rings. The van der Waals surface area contributed by atoms with Crippen molar-refractivity contribution in [2.75, 3.05) is 46.0 Å². The largest absolute Gasteiger partial charge is 0.441 e. The lowest BCUT2D eigenvalue weighted by atomic mass is 10.1. The van der Waals surface area contributed by atoms with Crippen LogP contribution in [0.3, 0.4) is 0 Å². The van der Waals surface area contributed by atoms with Gasteiger partial charge in [-0.1, -0.05) is 0 Å². The highest BCUT2D eigenvalue weighted by Gasteiger charge is 2.32. The molecule has 0 aromatic carbocycles. The summed E-state index contributed by atoms with van der Waals surface area (Å²) in [4.78, 5) is 15.2. The van der Waals surface area contributed by atoms with E-state index in [-0.39, 0.29) is 36.0 Å². The molecule has 1 N–H and O–H groups in total. The molecule has 1 atom stereocenters. The molecule has 0 aromatic rings. The second-order valence-corrected chi connectivity index (χ2v) is 5.44. The number of nitrogens with zero attached hydrogens (tertiary/aromatic N) is 2. The number of rotatable bonds is 4. The van der Waals surface area contributed by atoms with Crippen LogP contribution in [0.4, 0.5) is 13.2 Å². The highest BCUT2D eigenvalue weighted by molar-refractivity contribution is 8.00. The SMILES string of the molecule is CN(C)C(=O)C1CNCCN1CCSC(F)(F)F. The molecular weight excluding hydrogens is 267 g/mol. The van der Waals surface area contributed by atoms with E-state index in [0.717, 1.165) is 0 Å². The predicted molar refractivity (Wildman–Crippen MR) is 65.4 cm³/mol. The van der Waals surface area contributed by atoms with Gasteiger partial charge in [-0.2, -0.15) is 13.2 Å². The Labute approximate surface area is 109 Å². The Morgan fingerprint density at radius 3 is 2.72 bits per heavy atom. The maximum Gasteiger partial charge on any atom is 0.441 e. The lowest BCUT2D eigenvalue weighted by molar-refractivity contribution is -0.134. The summed E-state index contributed by atoms with van der Waals surface area (Å²) in [6, 6.07) is -0.359. The number of amides is 1. The van der Waals surface area contributed by atoms with Crippen molar-refractivity contribution in [2.24, 2.45) is 0 Å². The molecule has 1 amide bonds. The normalized spacial score (nSPS) is 21.9. The fourth-order valence-electron chi connectivity index (χ4n) is 1.83. The van der Waals surface area contributed by atoms with E-state index in [9.17, 15) is 18.0 Å². The third-order valence-electron chi connectivity index (χ3n) is 2.72. The predicted octanol–water partition coefficient (Wildman–Crippen LogP) is 0.601. The average molecular weight is 285 g/mol. The molecule has 0 aromatic heterocycles. The summed E-state index contributed by atoms with van der Waals surface area (Å²) in [5, 5.41) is 3.09. The number of piperazine rings is 1. The van der Waals surface area contributed by atoms with Gasteiger partial charge in [0.25, 0.3) is 0 Å². The zero-order valence-electron chi connectivity index (χ0n) is 10.5. The Balaban J connectivity index is 2.47. The smallest absolute Gasteiger partial charge is 0.347 e. The van der Waals surface area contributed by atoms with Gasteiger partial charge in [0, 0.05) is 46.0 Å². The number of hydrogen-bond donors (Lipinski definition) is 1. The second-order valence-electron chi connectivity index (χ2n) is 4.28. The van der Waals surface area contributed by atoms with E-state index in [1.807, 2.05) is 4.90 Å². The van der Waals surface area contributed by atoms with Crippen molar-refractivity contribution in [3.8, 4) is 0 Å². The molecule has 1 aliphatic rings. The van der Waals surface area contributed by atoms with Crippen LogP contribution in [-0.4, -0.2) is 73.3 Å². The summed E-state index contributed by atoms with van der Waals surface area (Å²) < 4.78 is 36.2. The number of halogens is 3. The maximum absolute atomic E-state index is 12.1. The molecule has 0 spiro atoms. The lowest BCUT2D eigenvalue weighted by Crippen LogP contribution is -2.58. The van der Waals surface area contributed by atoms with Gasteiger partial charge in [0.2, 0.25) is 5.91 Å². The molecule has 1 unspecified atom stereocenters. The third kappa shape index (κ3) is 5.03. The quantitative estimate of drug-likeness (QED) is 0.820. The van der Waals surface area contributed by atoms with Crippen molar-refractivity contribution in [3.05, 3.63) is 0 Å². The standard InChI is InChI=1S/C10H18F3N3OS/c1-15(2)9(17)8-7-14-3-4-16(8)5-6-18-10(11,12)13/h8,14H,3-7H2,1-2H3. The van der Waals surface area contributed by atoms with Gasteiger partial charge in [-0.15, -0.1) is 0 Å². The van der Waals surface area contributed by atoms with Crippen molar-refractivity contribution >= 4 is 17.7 Å². The van der Waals surface area contributed by atoms with E-state index < -0.39 is 5.51 Å². The zero-order chi connectivity index (χ0) is 13.8. The van der Waals surface area contributed by atoms with E-state index in [1.165, 1.54) is 4.90 Å². The van der Waals surface area contributed by atoms with Gasteiger partial charge in [0.15, 0.2) is 0 Å². The third-order valence-corrected chi connectivity index (χ3v) is 3.44. The van der Waals surface area contributed by atoms with Crippen molar-refractivity contribution in [3.63, 3.8) is 0 Å². The van der Waals surface area contributed by atoms with E-state index in [2.05, 4.69) is 5.32 Å². The molecule has 1 rings (SSSR count). The summed E-state index contributed by atoms with van der Waals surface area (Å²) in [5.74, 6) is -0.111. The van der Waals surface area contributed by atoms with Gasteiger partial charge >= 0.3 is 5.51 Å². The number of thioether (sulfide) groups is 1. The van der Waals surface area contributed by atoms with Crippen molar-refractivity contribution in [1.29, 1.82) is 0 Å². The van der Waals surface area contributed by atoms with Gasteiger partial charge in [-0.3, -0.25) is 9.69 Å². The first-order chi connectivity index (χ1) is 8.31. The summed E-state index contributed by atoms with van der Waals surface area (Å²) in [7, 11) is 3.30. The minimum Gasteiger partial charge on any atom is -0.347 e. The molecule has 1 aliphatic heterocycles. The number of nitrogens with one attached hydrogen (secondary N) is 1.